The van der Waals surface area contributed by atoms with E-state index in [1.165, 1.54) is 10.3 Å². The first-order valence-corrected chi connectivity index (χ1v) is 11.1. The molecule has 1 aromatic heterocycles. The van der Waals surface area contributed by atoms with E-state index in [1.54, 1.807) is 11.3 Å². The van der Waals surface area contributed by atoms with Crippen molar-refractivity contribution in [2.45, 2.75) is 70.8 Å². The number of fused-ring (bicyclic) bond motifs is 1. The molecule has 1 aliphatic rings. The van der Waals surface area contributed by atoms with Gasteiger partial charge in [-0.15, -0.1) is 11.3 Å². The van der Waals surface area contributed by atoms with Crippen LogP contribution in [0.1, 0.15) is 69.4 Å². The maximum Gasteiger partial charge on any atom is 0.240 e. The lowest BCUT2D eigenvalue weighted by atomic mass is 9.77. The number of hydrogen-bond donors (Lipinski definition) is 2. The number of Topliss-reactive ketones (excluding diaryl/α,β-unsaturated/α-hetero) is 1. The molecule has 2 aromatic rings. The molecule has 3 N–H and O–H groups in total. The van der Waals surface area contributed by atoms with Gasteiger partial charge in [-0.05, 0) is 48.8 Å². The number of amides is 1. The van der Waals surface area contributed by atoms with Gasteiger partial charge in [0.2, 0.25) is 5.91 Å². The Labute approximate surface area is 171 Å². The highest BCUT2D eigenvalue weighted by atomic mass is 32.1. The zero-order valence-electron chi connectivity index (χ0n) is 17.1. The van der Waals surface area contributed by atoms with E-state index < -0.39 is 5.54 Å². The van der Waals surface area contributed by atoms with Crippen LogP contribution in [0, 0.1) is 5.92 Å². The number of hydrogen-bond acceptors (Lipinski definition) is 5. The summed E-state index contributed by atoms with van der Waals surface area (Å²) in [6.07, 6.45) is 4.16. The number of rotatable bonds is 9. The number of nitrogens with zero attached hydrogens (tertiary/aromatic N) is 1. The van der Waals surface area contributed by atoms with Crippen molar-refractivity contribution in [2.75, 3.05) is 6.54 Å². The topological polar surface area (TPSA) is 85.1 Å². The van der Waals surface area contributed by atoms with Crippen LogP contribution in [0.2, 0.25) is 0 Å². The van der Waals surface area contributed by atoms with Crippen molar-refractivity contribution in [1.82, 2.24) is 10.3 Å². The Bertz CT molecular complexity index is 855. The molecule has 1 heterocycles. The van der Waals surface area contributed by atoms with Gasteiger partial charge < -0.3 is 11.1 Å². The molecule has 0 radical (unpaired) electrons. The van der Waals surface area contributed by atoms with Gasteiger partial charge in [0.05, 0.1) is 20.8 Å². The summed E-state index contributed by atoms with van der Waals surface area (Å²) in [6, 6.07) is 6.42. The summed E-state index contributed by atoms with van der Waals surface area (Å²) in [6.45, 7) is 6.72. The number of ketones is 1. The molecule has 152 valence electrons. The van der Waals surface area contributed by atoms with Crippen molar-refractivity contribution >= 4 is 33.2 Å². The van der Waals surface area contributed by atoms with Crippen molar-refractivity contribution in [3.05, 3.63) is 28.8 Å². The minimum atomic E-state index is -0.706. The fourth-order valence-corrected chi connectivity index (χ4v) is 4.69. The van der Waals surface area contributed by atoms with E-state index in [9.17, 15) is 9.59 Å². The summed E-state index contributed by atoms with van der Waals surface area (Å²) in [7, 11) is 0. The molecule has 1 amide bonds. The second-order valence-corrected chi connectivity index (χ2v) is 9.49. The van der Waals surface area contributed by atoms with Crippen LogP contribution in [0.4, 0.5) is 0 Å². The third-order valence-electron chi connectivity index (χ3n) is 5.75. The number of benzene rings is 1. The number of carbonyl (C=O) groups is 2. The maximum absolute atomic E-state index is 12.4. The van der Waals surface area contributed by atoms with E-state index in [2.05, 4.69) is 37.4 Å². The Morgan fingerprint density at radius 3 is 2.68 bits per heavy atom. The minimum absolute atomic E-state index is 0.0465. The van der Waals surface area contributed by atoms with Crippen LogP contribution >= 0.6 is 11.3 Å². The highest BCUT2D eigenvalue weighted by molar-refractivity contribution is 7.18. The van der Waals surface area contributed by atoms with Crippen molar-refractivity contribution in [3.63, 3.8) is 0 Å². The zero-order valence-corrected chi connectivity index (χ0v) is 17.9. The molecule has 0 bridgehead atoms. The van der Waals surface area contributed by atoms with Crippen LogP contribution in [0.5, 0.6) is 0 Å². The standard InChI is InChI=1S/C22H31N3O2S/c1-4-17(26)10-15(13-24-21(27)22(23)8-5-9-22)11-20-25-18-7-6-16(14(2)3)12-19(18)28-20/h6-7,12,14-15H,4-5,8-11,13,23H2,1-3H3,(H,24,27)/t15-/m0/s1. The molecular formula is C22H31N3O2S. The Hall–Kier alpha value is -1.79. The predicted octanol–water partition coefficient (Wildman–Crippen LogP) is 3.95. The highest BCUT2D eigenvalue weighted by Gasteiger charge is 2.40. The average Bonchev–Trinajstić information content (AvgIpc) is 3.04. The quantitative estimate of drug-likeness (QED) is 0.666. The first kappa shape index (κ1) is 20.9. The largest absolute Gasteiger partial charge is 0.354 e. The molecule has 0 saturated heterocycles. The number of nitrogens with two attached hydrogens (primary N) is 1. The normalized spacial score (nSPS) is 16.8. The Morgan fingerprint density at radius 1 is 1.32 bits per heavy atom. The molecule has 3 rings (SSSR count). The Balaban J connectivity index is 1.70. The lowest BCUT2D eigenvalue weighted by molar-refractivity contribution is -0.129. The van der Waals surface area contributed by atoms with Gasteiger partial charge in [0.15, 0.2) is 0 Å². The molecule has 1 aromatic carbocycles. The third-order valence-corrected chi connectivity index (χ3v) is 6.79. The number of nitrogens with one attached hydrogen (secondary N) is 1. The summed E-state index contributed by atoms with van der Waals surface area (Å²) >= 11 is 1.69. The van der Waals surface area contributed by atoms with Crippen LogP contribution < -0.4 is 11.1 Å². The summed E-state index contributed by atoms with van der Waals surface area (Å²) in [5.74, 6) is 0.660. The first-order valence-electron chi connectivity index (χ1n) is 10.3. The van der Waals surface area contributed by atoms with Gasteiger partial charge >= 0.3 is 0 Å². The Kier molecular flexibility index (Phi) is 6.50. The fraction of sp³-hybridized carbons (Fsp3) is 0.591. The zero-order chi connectivity index (χ0) is 20.3. The van der Waals surface area contributed by atoms with E-state index in [0.29, 0.717) is 31.7 Å². The van der Waals surface area contributed by atoms with E-state index >= 15 is 0 Å². The predicted molar refractivity (Wildman–Crippen MR) is 115 cm³/mol. The SMILES string of the molecule is CCC(=O)C[C@H](CNC(=O)C1(N)CCC1)Cc1nc2ccc(C(C)C)cc2s1. The van der Waals surface area contributed by atoms with Crippen molar-refractivity contribution in [2.24, 2.45) is 11.7 Å². The van der Waals surface area contributed by atoms with Crippen molar-refractivity contribution < 1.29 is 9.59 Å². The van der Waals surface area contributed by atoms with Crippen molar-refractivity contribution in [3.8, 4) is 0 Å². The van der Waals surface area contributed by atoms with Crippen LogP contribution in [-0.4, -0.2) is 28.8 Å². The van der Waals surface area contributed by atoms with E-state index in [4.69, 9.17) is 10.7 Å². The van der Waals surface area contributed by atoms with Crippen LogP contribution in [-0.2, 0) is 16.0 Å². The van der Waals surface area contributed by atoms with E-state index in [-0.39, 0.29) is 17.6 Å². The smallest absolute Gasteiger partial charge is 0.240 e. The molecule has 1 atom stereocenters. The lowest BCUT2D eigenvalue weighted by Crippen LogP contribution is -2.59. The van der Waals surface area contributed by atoms with Crippen molar-refractivity contribution in [1.29, 1.82) is 0 Å². The number of aromatic nitrogens is 1. The second kappa shape index (κ2) is 8.70. The average molecular weight is 402 g/mol. The van der Waals surface area contributed by atoms with Crippen LogP contribution in [0.3, 0.4) is 0 Å². The molecule has 5 nitrogen and oxygen atoms in total. The summed E-state index contributed by atoms with van der Waals surface area (Å²) in [4.78, 5) is 29.2. The van der Waals surface area contributed by atoms with E-state index in [0.717, 1.165) is 29.8 Å². The van der Waals surface area contributed by atoms with Gasteiger partial charge in [0.1, 0.15) is 5.78 Å². The van der Waals surface area contributed by atoms with Gasteiger partial charge in [-0.2, -0.15) is 0 Å². The second-order valence-electron chi connectivity index (χ2n) is 8.38. The first-order chi connectivity index (χ1) is 13.3. The monoisotopic (exact) mass is 401 g/mol. The molecule has 0 spiro atoms. The number of thiazole rings is 1. The van der Waals surface area contributed by atoms with Gasteiger partial charge in [-0.1, -0.05) is 26.8 Å². The Morgan fingerprint density at radius 2 is 2.07 bits per heavy atom. The van der Waals surface area contributed by atoms with Gasteiger partial charge in [0, 0.05) is 25.8 Å². The molecule has 1 aliphatic carbocycles. The number of carbonyl (C=O) groups excluding carboxylic acids is 2. The molecule has 6 heteroatoms. The van der Waals surface area contributed by atoms with Gasteiger partial charge in [0.25, 0.3) is 0 Å². The highest BCUT2D eigenvalue weighted by Crippen LogP contribution is 2.30. The van der Waals surface area contributed by atoms with Gasteiger partial charge in [-0.25, -0.2) is 4.98 Å². The molecular weight excluding hydrogens is 370 g/mol. The minimum Gasteiger partial charge on any atom is -0.354 e. The molecule has 0 aliphatic heterocycles. The fourth-order valence-electron chi connectivity index (χ4n) is 3.56. The van der Waals surface area contributed by atoms with Crippen LogP contribution in [0.25, 0.3) is 10.2 Å². The third kappa shape index (κ3) is 4.78. The molecule has 28 heavy (non-hydrogen) atoms. The summed E-state index contributed by atoms with van der Waals surface area (Å²) in [5, 5.41) is 4.01. The molecule has 0 unspecified atom stereocenters. The van der Waals surface area contributed by atoms with Gasteiger partial charge in [-0.3, -0.25) is 9.59 Å². The summed E-state index contributed by atoms with van der Waals surface area (Å²) < 4.78 is 1.18. The molecule has 1 saturated carbocycles. The lowest BCUT2D eigenvalue weighted by Gasteiger charge is -2.36. The molecule has 1 fully saturated rings. The van der Waals surface area contributed by atoms with E-state index in [1.807, 2.05) is 6.92 Å². The summed E-state index contributed by atoms with van der Waals surface area (Å²) in [5.41, 5.74) is 7.72. The maximum atomic E-state index is 12.4. The van der Waals surface area contributed by atoms with Crippen LogP contribution in [0.15, 0.2) is 18.2 Å².